The predicted octanol–water partition coefficient (Wildman–Crippen LogP) is 5.84. The van der Waals surface area contributed by atoms with E-state index in [2.05, 4.69) is 44.0 Å². The first kappa shape index (κ1) is 26.3. The van der Waals surface area contributed by atoms with Crippen molar-refractivity contribution >= 4 is 51.6 Å². The molecule has 10 heteroatoms. The summed E-state index contributed by atoms with van der Waals surface area (Å²) in [4.78, 5) is 28.1. The molecule has 0 saturated carbocycles. The minimum atomic E-state index is -0.606. The van der Waals surface area contributed by atoms with E-state index in [0.29, 0.717) is 26.2 Å². The molecule has 3 aromatic rings. The number of anilines is 2. The van der Waals surface area contributed by atoms with Crippen LogP contribution in [-0.4, -0.2) is 58.8 Å². The molecule has 1 fully saturated rings. The summed E-state index contributed by atoms with van der Waals surface area (Å²) in [6, 6.07) is 14.0. The van der Waals surface area contributed by atoms with Gasteiger partial charge in [0.15, 0.2) is 0 Å². The molecule has 2 aliphatic rings. The number of carbonyl (C=O) groups excluding carboxylic acids is 1. The number of nitrogens with zero attached hydrogens (tertiary/aromatic N) is 6. The van der Waals surface area contributed by atoms with Crippen molar-refractivity contribution in [1.82, 2.24) is 14.9 Å². The zero-order valence-electron chi connectivity index (χ0n) is 21.7. The van der Waals surface area contributed by atoms with E-state index >= 15 is 0 Å². The van der Waals surface area contributed by atoms with Gasteiger partial charge in [-0.25, -0.2) is 14.8 Å². The van der Waals surface area contributed by atoms with Crippen LogP contribution < -0.4 is 9.80 Å². The summed E-state index contributed by atoms with van der Waals surface area (Å²) >= 11 is 13.0. The second-order valence-electron chi connectivity index (χ2n) is 10.7. The van der Waals surface area contributed by atoms with Crippen molar-refractivity contribution in [2.24, 2.45) is 0 Å². The highest BCUT2D eigenvalue weighted by atomic mass is 35.5. The maximum absolute atomic E-state index is 12.8. The van der Waals surface area contributed by atoms with Gasteiger partial charge in [0.05, 0.1) is 35.8 Å². The third-order valence-corrected chi connectivity index (χ3v) is 7.41. The fourth-order valence-corrected chi connectivity index (χ4v) is 5.74. The molecule has 198 valence electrons. The number of benzene rings is 2. The molecule has 0 radical (unpaired) electrons. The fraction of sp³-hybridized carbons (Fsp3) is 0.429. The van der Waals surface area contributed by atoms with Crippen LogP contribution in [0.2, 0.25) is 10.3 Å². The van der Waals surface area contributed by atoms with Crippen LogP contribution in [0.3, 0.4) is 0 Å². The first-order valence-corrected chi connectivity index (χ1v) is 13.5. The molecule has 0 aliphatic carbocycles. The molecular formula is C28H30Cl2N6O2. The number of ether oxygens (including phenoxy) is 1. The Labute approximate surface area is 232 Å². The van der Waals surface area contributed by atoms with E-state index in [0.717, 1.165) is 51.5 Å². The topological polar surface area (TPSA) is 85.6 Å². The third-order valence-electron chi connectivity index (χ3n) is 6.93. The molecule has 0 unspecified atom stereocenters. The zero-order chi connectivity index (χ0) is 27.0. The van der Waals surface area contributed by atoms with Crippen molar-refractivity contribution in [2.45, 2.75) is 51.8 Å². The first-order valence-electron chi connectivity index (χ1n) is 12.7. The Bertz CT molecular complexity index is 1410. The molecule has 2 aromatic carbocycles. The van der Waals surface area contributed by atoms with Crippen molar-refractivity contribution in [3.05, 3.63) is 58.0 Å². The van der Waals surface area contributed by atoms with Gasteiger partial charge in [-0.3, -0.25) is 0 Å². The fourth-order valence-electron chi connectivity index (χ4n) is 5.28. The number of hydrogen-bond donors (Lipinski definition) is 0. The van der Waals surface area contributed by atoms with Crippen molar-refractivity contribution in [1.29, 1.82) is 5.26 Å². The van der Waals surface area contributed by atoms with Crippen LogP contribution >= 0.6 is 23.2 Å². The minimum Gasteiger partial charge on any atom is -0.444 e. The number of aromatic nitrogens is 2. The van der Waals surface area contributed by atoms with Crippen molar-refractivity contribution in [3.63, 3.8) is 0 Å². The van der Waals surface area contributed by atoms with Crippen LogP contribution in [0.5, 0.6) is 0 Å². The van der Waals surface area contributed by atoms with Crippen LogP contribution in [0, 0.1) is 11.3 Å². The Morgan fingerprint density at radius 2 is 1.87 bits per heavy atom. The van der Waals surface area contributed by atoms with E-state index in [1.165, 1.54) is 0 Å². The van der Waals surface area contributed by atoms with Gasteiger partial charge >= 0.3 is 6.09 Å². The molecule has 2 aliphatic heterocycles. The van der Waals surface area contributed by atoms with Crippen molar-refractivity contribution in [3.8, 4) is 6.07 Å². The van der Waals surface area contributed by atoms with Crippen LogP contribution in [0.1, 0.15) is 38.4 Å². The Morgan fingerprint density at radius 3 is 2.61 bits per heavy atom. The summed E-state index contributed by atoms with van der Waals surface area (Å²) < 4.78 is 5.59. The smallest absolute Gasteiger partial charge is 0.410 e. The molecule has 8 nitrogen and oxygen atoms in total. The lowest BCUT2D eigenvalue weighted by Crippen LogP contribution is -2.56. The van der Waals surface area contributed by atoms with Crippen molar-refractivity contribution < 1.29 is 9.53 Å². The summed E-state index contributed by atoms with van der Waals surface area (Å²) in [5.41, 5.74) is 2.39. The number of halogens is 2. The lowest BCUT2D eigenvalue weighted by molar-refractivity contribution is 0.0145. The SMILES string of the molecule is CC(C)(C)OC(=O)N1CCN(c2nc(Cl)nc3c2CCN(c2cccc4cccc(Cl)c24)C3)C[C@@H]1CC#N. The van der Waals surface area contributed by atoms with E-state index in [-0.39, 0.29) is 17.7 Å². The van der Waals surface area contributed by atoms with Gasteiger partial charge in [-0.2, -0.15) is 5.26 Å². The Hall–Kier alpha value is -3.28. The molecule has 3 heterocycles. The highest BCUT2D eigenvalue weighted by molar-refractivity contribution is 6.36. The molecule has 1 aromatic heterocycles. The van der Waals surface area contributed by atoms with Gasteiger partial charge in [-0.15, -0.1) is 0 Å². The van der Waals surface area contributed by atoms with Gasteiger partial charge in [-0.1, -0.05) is 35.9 Å². The zero-order valence-corrected chi connectivity index (χ0v) is 23.3. The number of carbonyl (C=O) groups is 1. The second kappa shape index (κ2) is 10.5. The highest BCUT2D eigenvalue weighted by Crippen LogP contribution is 2.37. The van der Waals surface area contributed by atoms with E-state index < -0.39 is 11.7 Å². The van der Waals surface area contributed by atoms with Crippen LogP contribution in [0.15, 0.2) is 36.4 Å². The molecule has 0 bridgehead atoms. The number of fused-ring (bicyclic) bond motifs is 2. The predicted molar refractivity (Wildman–Crippen MR) is 150 cm³/mol. The number of hydrogen-bond acceptors (Lipinski definition) is 7. The molecule has 5 rings (SSSR count). The normalized spacial score (nSPS) is 17.8. The quantitative estimate of drug-likeness (QED) is 0.377. The summed E-state index contributed by atoms with van der Waals surface area (Å²) in [5.74, 6) is 0.780. The standard InChI is InChI=1S/C28H30Cl2N6O2/c1-28(2,3)38-27(37)36-15-14-35(16-19(36)10-12-31)25-20-11-13-34(17-22(20)32-26(30)33-25)23-9-5-7-18-6-4-8-21(29)24(18)23/h4-9,19H,10-11,13-17H2,1-3H3/t19-/m0/s1. The van der Waals surface area contributed by atoms with Crippen LogP contribution in [0.4, 0.5) is 16.3 Å². The molecule has 1 amide bonds. The lowest BCUT2D eigenvalue weighted by Gasteiger charge is -2.42. The number of piperazine rings is 1. The molecule has 1 atom stereocenters. The second-order valence-corrected chi connectivity index (χ2v) is 11.4. The summed E-state index contributed by atoms with van der Waals surface area (Å²) in [7, 11) is 0. The van der Waals surface area contributed by atoms with Crippen molar-refractivity contribution in [2.75, 3.05) is 36.0 Å². The van der Waals surface area contributed by atoms with E-state index in [4.69, 9.17) is 27.9 Å². The highest BCUT2D eigenvalue weighted by Gasteiger charge is 2.35. The minimum absolute atomic E-state index is 0.183. The molecule has 1 saturated heterocycles. The summed E-state index contributed by atoms with van der Waals surface area (Å²) in [5, 5.41) is 12.5. The van der Waals surface area contributed by atoms with Crippen LogP contribution in [-0.2, 0) is 17.7 Å². The van der Waals surface area contributed by atoms with Gasteiger partial charge in [-0.05, 0) is 56.3 Å². The molecule has 38 heavy (non-hydrogen) atoms. The van der Waals surface area contributed by atoms with Gasteiger partial charge in [0.25, 0.3) is 0 Å². The van der Waals surface area contributed by atoms with Crippen LogP contribution in [0.25, 0.3) is 10.8 Å². The van der Waals surface area contributed by atoms with Gasteiger partial charge in [0.1, 0.15) is 11.4 Å². The summed E-state index contributed by atoms with van der Waals surface area (Å²) in [6.07, 6.45) is 0.536. The maximum atomic E-state index is 12.8. The molecule has 0 N–H and O–H groups in total. The average Bonchev–Trinajstić information content (AvgIpc) is 2.87. The molecular weight excluding hydrogens is 523 g/mol. The Balaban J connectivity index is 1.42. The summed E-state index contributed by atoms with van der Waals surface area (Å²) in [6.45, 7) is 8.32. The van der Waals surface area contributed by atoms with E-state index in [1.54, 1.807) is 4.90 Å². The lowest BCUT2D eigenvalue weighted by atomic mass is 10.0. The average molecular weight is 553 g/mol. The maximum Gasteiger partial charge on any atom is 0.410 e. The van der Waals surface area contributed by atoms with Gasteiger partial charge in [0.2, 0.25) is 5.28 Å². The van der Waals surface area contributed by atoms with Gasteiger partial charge in [0, 0.05) is 42.8 Å². The Kier molecular flexibility index (Phi) is 7.26. The third kappa shape index (κ3) is 5.31. The first-order chi connectivity index (χ1) is 18.1. The largest absolute Gasteiger partial charge is 0.444 e. The number of nitriles is 1. The number of rotatable bonds is 3. The Morgan fingerprint density at radius 1 is 1.11 bits per heavy atom. The molecule has 0 spiro atoms. The van der Waals surface area contributed by atoms with Gasteiger partial charge < -0.3 is 19.4 Å². The van der Waals surface area contributed by atoms with E-state index in [9.17, 15) is 10.1 Å². The van der Waals surface area contributed by atoms with E-state index in [1.807, 2.05) is 39.0 Å². The number of amides is 1. The monoisotopic (exact) mass is 552 g/mol.